The summed E-state index contributed by atoms with van der Waals surface area (Å²) in [5.74, 6) is -0.497. The number of carbonyl (C=O) groups excluding carboxylic acids is 1. The van der Waals surface area contributed by atoms with Crippen molar-refractivity contribution < 1.29 is 19.4 Å². The zero-order valence-corrected chi connectivity index (χ0v) is 7.49. The summed E-state index contributed by atoms with van der Waals surface area (Å²) in [7, 11) is 0. The lowest BCUT2D eigenvalue weighted by atomic mass is 10.6. The second-order valence-corrected chi connectivity index (χ2v) is 2.17. The third-order valence-corrected chi connectivity index (χ3v) is 1.16. The molecule has 0 aliphatic carbocycles. The molecule has 0 spiro atoms. The molecule has 0 bridgehead atoms. The van der Waals surface area contributed by atoms with Crippen LogP contribution in [0.1, 0.15) is 0 Å². The van der Waals surface area contributed by atoms with Crippen LogP contribution in [0.15, 0.2) is 12.7 Å². The number of hydrogen-bond acceptors (Lipinski definition) is 5. The van der Waals surface area contributed by atoms with Crippen molar-refractivity contribution in [2.75, 3.05) is 33.1 Å². The van der Waals surface area contributed by atoms with Crippen LogP contribution in [-0.2, 0) is 14.3 Å². The lowest BCUT2D eigenvalue weighted by Gasteiger charge is -2.04. The number of aliphatic hydroxyl groups excluding tert-OH is 1. The molecule has 0 aliphatic heterocycles. The van der Waals surface area contributed by atoms with Gasteiger partial charge in [0, 0.05) is 19.2 Å². The van der Waals surface area contributed by atoms with E-state index in [0.29, 0.717) is 19.7 Å². The second-order valence-electron chi connectivity index (χ2n) is 2.17. The molecular formula is C8H15NO4. The Balaban J connectivity index is 2.99. The second kappa shape index (κ2) is 9.18. The number of rotatable bonds is 8. The van der Waals surface area contributed by atoms with Gasteiger partial charge in [0.1, 0.15) is 0 Å². The SMILES string of the molecule is C=CC(=O)OCOCCNCCO. The minimum atomic E-state index is -0.497. The van der Waals surface area contributed by atoms with Crippen molar-refractivity contribution in [1.29, 1.82) is 0 Å². The number of esters is 1. The predicted octanol–water partition coefficient (Wildman–Crippen LogP) is -0.728. The van der Waals surface area contributed by atoms with E-state index >= 15 is 0 Å². The quantitative estimate of drug-likeness (QED) is 0.228. The number of nitrogens with one attached hydrogen (secondary N) is 1. The maximum atomic E-state index is 10.5. The fourth-order valence-electron chi connectivity index (χ4n) is 0.566. The zero-order valence-electron chi connectivity index (χ0n) is 7.49. The van der Waals surface area contributed by atoms with Gasteiger partial charge in [0.05, 0.1) is 13.2 Å². The summed E-state index contributed by atoms with van der Waals surface area (Å²) >= 11 is 0. The van der Waals surface area contributed by atoms with Crippen molar-refractivity contribution in [3.8, 4) is 0 Å². The Morgan fingerprint density at radius 2 is 2.31 bits per heavy atom. The predicted molar refractivity (Wildman–Crippen MR) is 47.1 cm³/mol. The average Bonchev–Trinajstić information content (AvgIpc) is 2.16. The highest BCUT2D eigenvalue weighted by atomic mass is 16.7. The van der Waals surface area contributed by atoms with E-state index in [4.69, 9.17) is 9.84 Å². The smallest absolute Gasteiger partial charge is 0.332 e. The molecule has 0 aromatic carbocycles. The van der Waals surface area contributed by atoms with Gasteiger partial charge in [-0.15, -0.1) is 0 Å². The average molecular weight is 189 g/mol. The highest BCUT2D eigenvalue weighted by molar-refractivity contribution is 5.81. The first kappa shape index (κ1) is 12.1. The Morgan fingerprint density at radius 1 is 1.54 bits per heavy atom. The molecule has 0 amide bonds. The first-order valence-corrected chi connectivity index (χ1v) is 3.99. The van der Waals surface area contributed by atoms with Gasteiger partial charge in [-0.3, -0.25) is 0 Å². The first-order valence-electron chi connectivity index (χ1n) is 3.99. The molecule has 0 aliphatic rings. The third-order valence-electron chi connectivity index (χ3n) is 1.16. The summed E-state index contributed by atoms with van der Waals surface area (Å²) in [6, 6.07) is 0. The Hall–Kier alpha value is -0.910. The van der Waals surface area contributed by atoms with E-state index in [9.17, 15) is 4.79 Å². The molecule has 0 rings (SSSR count). The standard InChI is InChI=1S/C8H15NO4/c1-2-8(11)13-7-12-6-4-9-3-5-10/h2,9-10H,1,3-7H2. The van der Waals surface area contributed by atoms with E-state index in [1.165, 1.54) is 0 Å². The van der Waals surface area contributed by atoms with Crippen LogP contribution >= 0.6 is 0 Å². The van der Waals surface area contributed by atoms with E-state index in [0.717, 1.165) is 6.08 Å². The van der Waals surface area contributed by atoms with Gasteiger partial charge >= 0.3 is 5.97 Å². The molecular weight excluding hydrogens is 174 g/mol. The summed E-state index contributed by atoms with van der Waals surface area (Å²) in [4.78, 5) is 10.5. The number of ether oxygens (including phenoxy) is 2. The van der Waals surface area contributed by atoms with Crippen LogP contribution in [-0.4, -0.2) is 44.2 Å². The van der Waals surface area contributed by atoms with Gasteiger partial charge in [0.2, 0.25) is 0 Å². The van der Waals surface area contributed by atoms with Crippen molar-refractivity contribution in [2.24, 2.45) is 0 Å². The molecule has 0 heterocycles. The van der Waals surface area contributed by atoms with Crippen LogP contribution in [0.4, 0.5) is 0 Å². The summed E-state index contributed by atoms with van der Waals surface area (Å²) < 4.78 is 9.46. The van der Waals surface area contributed by atoms with Gasteiger partial charge in [0.15, 0.2) is 6.79 Å². The van der Waals surface area contributed by atoms with Crippen molar-refractivity contribution in [3.05, 3.63) is 12.7 Å². The minimum absolute atomic E-state index is 0.0638. The molecule has 13 heavy (non-hydrogen) atoms. The molecule has 76 valence electrons. The van der Waals surface area contributed by atoms with Crippen molar-refractivity contribution in [1.82, 2.24) is 5.32 Å². The highest BCUT2D eigenvalue weighted by Crippen LogP contribution is 1.80. The summed E-state index contributed by atoms with van der Waals surface area (Å²) in [6.07, 6.45) is 1.08. The Morgan fingerprint density at radius 3 is 2.92 bits per heavy atom. The molecule has 0 unspecified atom stereocenters. The summed E-state index contributed by atoms with van der Waals surface area (Å²) in [5, 5.41) is 11.3. The van der Waals surface area contributed by atoms with E-state index < -0.39 is 5.97 Å². The highest BCUT2D eigenvalue weighted by Gasteiger charge is 1.93. The van der Waals surface area contributed by atoms with E-state index in [1.54, 1.807) is 0 Å². The topological polar surface area (TPSA) is 67.8 Å². The Kier molecular flexibility index (Phi) is 8.54. The van der Waals surface area contributed by atoms with Gasteiger partial charge in [-0.1, -0.05) is 6.58 Å². The van der Waals surface area contributed by atoms with Crippen LogP contribution < -0.4 is 5.32 Å². The molecule has 0 saturated carbocycles. The molecule has 5 heteroatoms. The van der Waals surface area contributed by atoms with Crippen molar-refractivity contribution in [2.45, 2.75) is 0 Å². The molecule has 0 saturated heterocycles. The molecule has 0 radical (unpaired) electrons. The number of carbonyl (C=O) groups is 1. The zero-order chi connectivity index (χ0) is 9.94. The van der Waals surface area contributed by atoms with Crippen LogP contribution in [0.5, 0.6) is 0 Å². The monoisotopic (exact) mass is 189 g/mol. The maximum Gasteiger partial charge on any atom is 0.332 e. The van der Waals surface area contributed by atoms with Crippen molar-refractivity contribution >= 4 is 5.97 Å². The van der Waals surface area contributed by atoms with Crippen LogP contribution in [0.3, 0.4) is 0 Å². The first-order chi connectivity index (χ1) is 6.31. The van der Waals surface area contributed by atoms with Crippen LogP contribution in [0, 0.1) is 0 Å². The molecule has 0 atom stereocenters. The van der Waals surface area contributed by atoms with Crippen molar-refractivity contribution in [3.63, 3.8) is 0 Å². The molecule has 0 aromatic rings. The van der Waals surface area contributed by atoms with Gasteiger partial charge in [-0.25, -0.2) is 4.79 Å². The molecule has 2 N–H and O–H groups in total. The summed E-state index contributed by atoms with van der Waals surface area (Å²) in [6.45, 7) is 4.86. The normalized spacial score (nSPS) is 9.62. The minimum Gasteiger partial charge on any atom is -0.435 e. The molecule has 0 fully saturated rings. The number of hydrogen-bond donors (Lipinski definition) is 2. The number of aliphatic hydroxyl groups is 1. The molecule has 0 aromatic heterocycles. The van der Waals surface area contributed by atoms with Gasteiger partial charge in [-0.05, 0) is 0 Å². The van der Waals surface area contributed by atoms with E-state index in [-0.39, 0.29) is 13.4 Å². The Bertz CT molecular complexity index is 149. The van der Waals surface area contributed by atoms with Gasteiger partial charge in [0.25, 0.3) is 0 Å². The maximum absolute atomic E-state index is 10.5. The fraction of sp³-hybridized carbons (Fsp3) is 0.625. The largest absolute Gasteiger partial charge is 0.435 e. The third kappa shape index (κ3) is 9.00. The fourth-order valence-corrected chi connectivity index (χ4v) is 0.566. The van der Waals surface area contributed by atoms with Gasteiger partial charge < -0.3 is 19.9 Å². The lowest BCUT2D eigenvalue weighted by Crippen LogP contribution is -2.23. The molecule has 5 nitrogen and oxygen atoms in total. The van der Waals surface area contributed by atoms with E-state index in [2.05, 4.69) is 16.6 Å². The van der Waals surface area contributed by atoms with Crippen LogP contribution in [0.25, 0.3) is 0 Å². The van der Waals surface area contributed by atoms with Gasteiger partial charge in [-0.2, -0.15) is 0 Å². The van der Waals surface area contributed by atoms with Crippen LogP contribution in [0.2, 0.25) is 0 Å². The Labute approximate surface area is 77.3 Å². The summed E-state index contributed by atoms with van der Waals surface area (Å²) in [5.41, 5.74) is 0. The lowest BCUT2D eigenvalue weighted by molar-refractivity contribution is -0.149. The van der Waals surface area contributed by atoms with E-state index in [1.807, 2.05) is 0 Å².